The van der Waals surface area contributed by atoms with Crippen LogP contribution in [0, 0.1) is 5.16 Å². The van der Waals surface area contributed by atoms with Gasteiger partial charge in [0.1, 0.15) is 17.0 Å². The van der Waals surface area contributed by atoms with E-state index >= 15 is 0 Å². The molecule has 0 radical (unpaired) electrons. The van der Waals surface area contributed by atoms with E-state index in [2.05, 4.69) is 49.0 Å². The van der Waals surface area contributed by atoms with E-state index in [9.17, 15) is 5.11 Å². The van der Waals surface area contributed by atoms with Gasteiger partial charge >= 0.3 is 0 Å². The molecule has 0 bridgehead atoms. The number of hydrogen-bond donors (Lipinski definition) is 5. The van der Waals surface area contributed by atoms with Crippen molar-refractivity contribution >= 4 is 47.9 Å². The lowest BCUT2D eigenvalue weighted by atomic mass is 10.2. The highest BCUT2D eigenvalue weighted by Crippen LogP contribution is 2.52. The van der Waals surface area contributed by atoms with E-state index in [1.807, 2.05) is 55.5 Å². The molecule has 4 rings (SSSR count). The van der Waals surface area contributed by atoms with E-state index in [0.29, 0.717) is 41.9 Å². The minimum atomic E-state index is -2.37. The summed E-state index contributed by atoms with van der Waals surface area (Å²) in [4.78, 5) is 11.2. The molecular weight excluding hydrogens is 587 g/mol. The lowest BCUT2D eigenvalue weighted by molar-refractivity contribution is 0.183. The number of aliphatic hydroxyl groups is 1. The summed E-state index contributed by atoms with van der Waals surface area (Å²) in [5.74, 6) is 1.57. The smallest absolute Gasteiger partial charge is 0.229 e. The van der Waals surface area contributed by atoms with Crippen molar-refractivity contribution in [3.05, 3.63) is 72.4 Å². The van der Waals surface area contributed by atoms with E-state index in [1.165, 1.54) is 12.3 Å². The Morgan fingerprint density at radius 1 is 1.09 bits per heavy atom. The van der Waals surface area contributed by atoms with Crippen molar-refractivity contribution in [1.29, 1.82) is 5.16 Å². The molecule has 2 unspecified atom stereocenters. The Labute approximate surface area is 259 Å². The van der Waals surface area contributed by atoms with Gasteiger partial charge in [-0.25, -0.2) is 9.65 Å². The van der Waals surface area contributed by atoms with Gasteiger partial charge in [0.05, 0.1) is 19.4 Å². The van der Waals surface area contributed by atoms with Gasteiger partial charge in [-0.15, -0.1) is 0 Å². The number of nitrogens with one attached hydrogen (secondary N) is 4. The topological polar surface area (TPSA) is 131 Å². The molecule has 0 spiro atoms. The number of piperazine rings is 1. The van der Waals surface area contributed by atoms with Crippen molar-refractivity contribution in [3.8, 4) is 5.75 Å². The van der Waals surface area contributed by atoms with Crippen LogP contribution in [0.1, 0.15) is 20.3 Å². The summed E-state index contributed by atoms with van der Waals surface area (Å²) in [6, 6.07) is 15.0. The fraction of sp³-hybridized carbons (Fsp3) is 0.400. The van der Waals surface area contributed by atoms with Crippen LogP contribution in [-0.4, -0.2) is 83.0 Å². The van der Waals surface area contributed by atoms with Crippen LogP contribution < -0.4 is 20.7 Å². The lowest BCUT2D eigenvalue weighted by Gasteiger charge is -2.40. The standard InChI is InChI=1S/C30H42ClN8O3P/c1-4-28(40)34-24-9-7-10-25(21-24)35-29-27(31)22-33-30(37-29)36-23-11-13-26(14-12-23)41-19-8-20-43(32,42-6-3)39-17-15-38(5-2)16-18-39/h4,7,9-14,21-22,28,32,34,40H,1,5-6,8,15-20H2,2-3H3,(H2,33,35,36,37). The average molecular weight is 629 g/mol. The highest BCUT2D eigenvalue weighted by Gasteiger charge is 2.29. The van der Waals surface area contributed by atoms with Crippen molar-refractivity contribution in [2.45, 2.75) is 26.5 Å². The minimum absolute atomic E-state index is 0.366. The summed E-state index contributed by atoms with van der Waals surface area (Å²) in [7, 11) is -2.37. The van der Waals surface area contributed by atoms with Crippen LogP contribution in [0.15, 0.2) is 67.4 Å². The van der Waals surface area contributed by atoms with Crippen LogP contribution in [0.2, 0.25) is 5.02 Å². The molecule has 1 aromatic heterocycles. The van der Waals surface area contributed by atoms with Crippen molar-refractivity contribution in [2.75, 3.05) is 68.0 Å². The number of rotatable bonds is 16. The van der Waals surface area contributed by atoms with E-state index in [-0.39, 0.29) is 0 Å². The Kier molecular flexibility index (Phi) is 12.2. The van der Waals surface area contributed by atoms with E-state index in [4.69, 9.17) is 26.0 Å². The molecule has 232 valence electrons. The monoisotopic (exact) mass is 628 g/mol. The summed E-state index contributed by atoms with van der Waals surface area (Å²) in [5, 5.41) is 28.5. The van der Waals surface area contributed by atoms with Gasteiger partial charge in [0, 0.05) is 49.4 Å². The number of ether oxygens (including phenoxy) is 1. The number of benzene rings is 2. The second-order valence-corrected chi connectivity index (χ2v) is 13.1. The number of aromatic nitrogens is 2. The first kappa shape index (κ1) is 32.7. The maximum absolute atomic E-state index is 9.77. The molecule has 2 heterocycles. The lowest BCUT2D eigenvalue weighted by Crippen LogP contribution is -2.45. The molecule has 43 heavy (non-hydrogen) atoms. The van der Waals surface area contributed by atoms with Gasteiger partial charge in [0.2, 0.25) is 5.95 Å². The molecule has 5 N–H and O–H groups in total. The Morgan fingerprint density at radius 2 is 1.84 bits per heavy atom. The molecule has 0 saturated carbocycles. The number of nitrogens with zero attached hydrogens (tertiary/aromatic N) is 4. The Hall–Kier alpha value is -3.18. The molecule has 2 atom stereocenters. The highest BCUT2D eigenvalue weighted by atomic mass is 35.5. The molecule has 0 aliphatic carbocycles. The number of halogens is 1. The minimum Gasteiger partial charge on any atom is -0.494 e. The average Bonchev–Trinajstić information content (AvgIpc) is 3.02. The molecule has 1 aliphatic rings. The first-order valence-corrected chi connectivity index (χ1v) is 16.8. The number of hydrogen-bond acceptors (Lipinski definition) is 10. The Bertz CT molecular complexity index is 1370. The molecule has 1 saturated heterocycles. The van der Waals surface area contributed by atoms with Gasteiger partial charge in [-0.1, -0.05) is 31.2 Å². The third-order valence-electron chi connectivity index (χ3n) is 6.99. The number of anilines is 5. The normalized spacial score (nSPS) is 16.2. The molecule has 1 aliphatic heterocycles. The quantitative estimate of drug-likeness (QED) is 0.0513. The molecule has 11 nitrogen and oxygen atoms in total. The first-order valence-electron chi connectivity index (χ1n) is 14.5. The van der Waals surface area contributed by atoms with Crippen molar-refractivity contribution in [1.82, 2.24) is 19.5 Å². The number of likely N-dealkylation sites (N-methyl/N-ethyl adjacent to an activating group) is 1. The summed E-state index contributed by atoms with van der Waals surface area (Å²) < 4.78 is 14.3. The second-order valence-electron chi connectivity index (χ2n) is 10.0. The maximum atomic E-state index is 9.77. The predicted octanol–water partition coefficient (Wildman–Crippen LogP) is 6.59. The van der Waals surface area contributed by atoms with Crippen LogP contribution in [0.4, 0.5) is 28.8 Å². The zero-order valence-corrected chi connectivity index (χ0v) is 26.5. The Morgan fingerprint density at radius 3 is 2.53 bits per heavy atom. The van der Waals surface area contributed by atoms with Gasteiger partial charge in [0.25, 0.3) is 0 Å². The van der Waals surface area contributed by atoms with Crippen LogP contribution in [-0.2, 0) is 4.52 Å². The van der Waals surface area contributed by atoms with Gasteiger partial charge in [-0.05, 0) is 68.4 Å². The Balaban J connectivity index is 1.28. The summed E-state index contributed by atoms with van der Waals surface area (Å²) in [6.45, 7) is 13.6. The van der Waals surface area contributed by atoms with Gasteiger partial charge in [-0.3, -0.25) is 5.16 Å². The largest absolute Gasteiger partial charge is 0.494 e. The second kappa shape index (κ2) is 16.0. The van der Waals surface area contributed by atoms with Crippen LogP contribution in [0.3, 0.4) is 0 Å². The van der Waals surface area contributed by atoms with Crippen LogP contribution in [0.25, 0.3) is 0 Å². The van der Waals surface area contributed by atoms with Crippen LogP contribution >= 0.6 is 19.0 Å². The van der Waals surface area contributed by atoms with Gasteiger partial charge in [0.15, 0.2) is 13.2 Å². The van der Waals surface area contributed by atoms with E-state index < -0.39 is 13.7 Å². The zero-order valence-electron chi connectivity index (χ0n) is 24.8. The molecular formula is C30H42ClN8O3P. The third kappa shape index (κ3) is 9.66. The molecule has 1 fully saturated rings. The fourth-order valence-corrected chi connectivity index (χ4v) is 7.20. The van der Waals surface area contributed by atoms with Crippen molar-refractivity contribution in [3.63, 3.8) is 0 Å². The number of aliphatic hydroxyl groups excluding tert-OH is 1. The zero-order chi connectivity index (χ0) is 30.7. The maximum Gasteiger partial charge on any atom is 0.229 e. The summed E-state index contributed by atoms with van der Waals surface area (Å²) in [5.41, 5.74) is 2.24. The summed E-state index contributed by atoms with van der Waals surface area (Å²) in [6.07, 6.45) is 3.53. The summed E-state index contributed by atoms with van der Waals surface area (Å²) >= 11 is 6.36. The molecule has 3 aromatic rings. The highest BCUT2D eigenvalue weighted by molar-refractivity contribution is 7.57. The fourth-order valence-electron chi connectivity index (χ4n) is 4.68. The van der Waals surface area contributed by atoms with Crippen LogP contribution in [0.5, 0.6) is 5.75 Å². The van der Waals surface area contributed by atoms with Crippen molar-refractivity contribution in [2.24, 2.45) is 0 Å². The molecule has 2 aromatic carbocycles. The van der Waals surface area contributed by atoms with Gasteiger partial charge < -0.3 is 35.2 Å². The van der Waals surface area contributed by atoms with E-state index in [1.54, 1.807) is 0 Å². The SMILES string of the molecule is C=CC(O)Nc1cccc(Nc2nc(Nc3ccc(OCCCP(=N)(OCC)N4CCN(CC)CC4)cc3)ncc2Cl)c1. The van der Waals surface area contributed by atoms with E-state index in [0.717, 1.165) is 56.3 Å². The van der Waals surface area contributed by atoms with Crippen molar-refractivity contribution < 1.29 is 14.4 Å². The predicted molar refractivity (Wildman–Crippen MR) is 176 cm³/mol. The molecule has 0 amide bonds. The van der Waals surface area contributed by atoms with Gasteiger partial charge in [-0.2, -0.15) is 4.98 Å². The first-order chi connectivity index (χ1) is 20.8. The molecule has 13 heteroatoms. The third-order valence-corrected chi connectivity index (χ3v) is 10.2.